The topological polar surface area (TPSA) is 94.6 Å². The Morgan fingerprint density at radius 2 is 1.82 bits per heavy atom. The minimum Gasteiger partial charge on any atom is -0.373 e. The summed E-state index contributed by atoms with van der Waals surface area (Å²) in [5.41, 5.74) is 0.700. The van der Waals surface area contributed by atoms with Crippen molar-refractivity contribution in [3.05, 3.63) is 11.4 Å². The quantitative estimate of drug-likeness (QED) is 0.556. The Balaban J connectivity index is 1.86. The lowest BCUT2D eigenvalue weighted by Gasteiger charge is -2.46. The molecule has 0 saturated carbocycles. The molecule has 1 atom stereocenters. The van der Waals surface area contributed by atoms with Gasteiger partial charge in [-0.3, -0.25) is 9.59 Å². The molecule has 7 heteroatoms. The third kappa shape index (κ3) is 6.33. The van der Waals surface area contributed by atoms with E-state index in [-0.39, 0.29) is 34.9 Å². The van der Waals surface area contributed by atoms with Crippen molar-refractivity contribution in [1.82, 2.24) is 21.3 Å². The van der Waals surface area contributed by atoms with Crippen molar-refractivity contribution in [2.24, 2.45) is 10.9 Å². The molecule has 1 unspecified atom stereocenters. The molecule has 2 amide bonds. The van der Waals surface area contributed by atoms with Gasteiger partial charge in [-0.15, -0.1) is 0 Å². The average molecular weight is 392 g/mol. The second-order valence-corrected chi connectivity index (χ2v) is 9.34. The van der Waals surface area contributed by atoms with Crippen LogP contribution in [0.25, 0.3) is 0 Å². The van der Waals surface area contributed by atoms with Gasteiger partial charge >= 0.3 is 0 Å². The Labute approximate surface area is 169 Å². The molecule has 0 aromatic heterocycles. The number of rotatable bonds is 6. The fourth-order valence-corrected chi connectivity index (χ4v) is 4.63. The first-order valence-corrected chi connectivity index (χ1v) is 10.3. The third-order valence-electron chi connectivity index (χ3n) is 5.50. The Kier molecular flexibility index (Phi) is 7.26. The first-order chi connectivity index (χ1) is 13.0. The van der Waals surface area contributed by atoms with Crippen molar-refractivity contribution in [1.29, 1.82) is 0 Å². The summed E-state index contributed by atoms with van der Waals surface area (Å²) in [6.07, 6.45) is 6.43. The van der Waals surface area contributed by atoms with E-state index in [0.29, 0.717) is 24.2 Å². The van der Waals surface area contributed by atoms with Crippen LogP contribution < -0.4 is 21.3 Å². The van der Waals surface area contributed by atoms with Gasteiger partial charge in [0.2, 0.25) is 5.91 Å². The normalized spacial score (nSPS) is 24.4. The van der Waals surface area contributed by atoms with E-state index in [4.69, 9.17) is 0 Å². The van der Waals surface area contributed by atoms with E-state index in [1.54, 1.807) is 14.1 Å². The van der Waals surface area contributed by atoms with E-state index >= 15 is 0 Å². The minimum absolute atomic E-state index is 0.0130. The third-order valence-corrected chi connectivity index (χ3v) is 5.50. The summed E-state index contributed by atoms with van der Waals surface area (Å²) in [5, 5.41) is 12.5. The van der Waals surface area contributed by atoms with Gasteiger partial charge in [-0.25, -0.2) is 4.99 Å². The van der Waals surface area contributed by atoms with Gasteiger partial charge in [0.15, 0.2) is 0 Å². The maximum absolute atomic E-state index is 12.5. The summed E-state index contributed by atoms with van der Waals surface area (Å²) in [5.74, 6) is 0.808. The van der Waals surface area contributed by atoms with Crippen LogP contribution in [0.15, 0.2) is 16.4 Å². The van der Waals surface area contributed by atoms with Gasteiger partial charge in [-0.05, 0) is 65.7 Å². The lowest BCUT2D eigenvalue weighted by atomic mass is 9.79. The zero-order valence-electron chi connectivity index (χ0n) is 18.2. The van der Waals surface area contributed by atoms with Crippen LogP contribution in [0.2, 0.25) is 0 Å². The lowest BCUT2D eigenvalue weighted by molar-refractivity contribution is -0.122. The number of hydrogen-bond acceptors (Lipinski definition) is 5. The fraction of sp³-hybridized carbons (Fsp3) is 0.762. The van der Waals surface area contributed by atoms with Gasteiger partial charge in [0.1, 0.15) is 5.82 Å². The highest BCUT2D eigenvalue weighted by atomic mass is 16.2. The van der Waals surface area contributed by atoms with Crippen molar-refractivity contribution < 1.29 is 9.59 Å². The number of nitrogens with one attached hydrogen (secondary N) is 4. The summed E-state index contributed by atoms with van der Waals surface area (Å²) >= 11 is 0. The molecule has 7 nitrogen and oxygen atoms in total. The Bertz CT molecular complexity index is 635. The van der Waals surface area contributed by atoms with E-state index in [1.807, 2.05) is 6.21 Å². The number of hydrogen-bond donors (Lipinski definition) is 4. The molecule has 158 valence electrons. The molecule has 2 rings (SSSR count). The molecule has 0 aromatic carbocycles. The monoisotopic (exact) mass is 391 g/mol. The summed E-state index contributed by atoms with van der Waals surface area (Å²) in [6, 6.07) is 0.193. The molecule has 2 heterocycles. The van der Waals surface area contributed by atoms with Crippen LogP contribution in [-0.2, 0) is 9.59 Å². The standard InChI is InChI=1S/C21H37N5O2/c1-20(2)11-15(12-21(3,4)26-20)25-17(27)10-8-14-7-9-16(19(28)23-6)18(22-5)24-13-14/h13-15,22,26H,7-12H2,1-6H3,(H,23,28)(H,25,27). The Morgan fingerprint density at radius 1 is 1.18 bits per heavy atom. The molecular weight excluding hydrogens is 354 g/mol. The molecule has 1 saturated heterocycles. The summed E-state index contributed by atoms with van der Waals surface area (Å²) in [7, 11) is 3.40. The molecule has 1 fully saturated rings. The van der Waals surface area contributed by atoms with Crippen LogP contribution in [0.4, 0.5) is 0 Å². The highest BCUT2D eigenvalue weighted by Crippen LogP contribution is 2.28. The van der Waals surface area contributed by atoms with Crippen LogP contribution in [-0.4, -0.2) is 49.2 Å². The van der Waals surface area contributed by atoms with Crippen LogP contribution in [0.1, 0.15) is 66.2 Å². The zero-order chi connectivity index (χ0) is 20.9. The molecule has 2 aliphatic heterocycles. The second kappa shape index (κ2) is 9.07. The first kappa shape index (κ1) is 22.4. The number of carbonyl (C=O) groups is 2. The van der Waals surface area contributed by atoms with E-state index in [9.17, 15) is 9.59 Å². The highest BCUT2D eigenvalue weighted by molar-refractivity contribution is 5.94. The molecule has 0 radical (unpaired) electrons. The molecule has 0 aliphatic carbocycles. The molecule has 4 N–H and O–H groups in total. The molecule has 2 aliphatic rings. The summed E-state index contributed by atoms with van der Waals surface area (Å²) in [4.78, 5) is 29.0. The van der Waals surface area contributed by atoms with Gasteiger partial charge in [0.25, 0.3) is 5.91 Å². The van der Waals surface area contributed by atoms with Crippen molar-refractivity contribution >= 4 is 18.0 Å². The number of nitrogens with zero attached hydrogens (tertiary/aromatic N) is 1. The zero-order valence-corrected chi connectivity index (χ0v) is 18.2. The van der Waals surface area contributed by atoms with Crippen LogP contribution in [0.5, 0.6) is 0 Å². The van der Waals surface area contributed by atoms with Crippen LogP contribution in [0, 0.1) is 5.92 Å². The first-order valence-electron chi connectivity index (χ1n) is 10.3. The van der Waals surface area contributed by atoms with Gasteiger partial charge in [-0.2, -0.15) is 0 Å². The minimum atomic E-state index is -0.101. The van der Waals surface area contributed by atoms with Gasteiger partial charge in [-0.1, -0.05) is 0 Å². The molecule has 0 bridgehead atoms. The number of aliphatic imine (C=N–C) groups is 1. The largest absolute Gasteiger partial charge is 0.373 e. The molecule has 0 aromatic rings. The van der Waals surface area contributed by atoms with Crippen molar-refractivity contribution in [3.63, 3.8) is 0 Å². The van der Waals surface area contributed by atoms with E-state index in [1.165, 1.54) is 0 Å². The molecule has 0 spiro atoms. The lowest BCUT2D eigenvalue weighted by Crippen LogP contribution is -2.62. The van der Waals surface area contributed by atoms with Gasteiger partial charge < -0.3 is 21.3 Å². The van der Waals surface area contributed by atoms with E-state index < -0.39 is 0 Å². The van der Waals surface area contributed by atoms with E-state index in [2.05, 4.69) is 54.0 Å². The van der Waals surface area contributed by atoms with Crippen molar-refractivity contribution in [3.8, 4) is 0 Å². The van der Waals surface area contributed by atoms with Gasteiger partial charge in [0.05, 0.1) is 5.57 Å². The summed E-state index contributed by atoms with van der Waals surface area (Å²) < 4.78 is 0. The summed E-state index contributed by atoms with van der Waals surface area (Å²) in [6.45, 7) is 8.74. The highest BCUT2D eigenvalue weighted by Gasteiger charge is 2.38. The number of carbonyl (C=O) groups excluding carboxylic acids is 2. The smallest absolute Gasteiger partial charge is 0.250 e. The van der Waals surface area contributed by atoms with Crippen LogP contribution >= 0.6 is 0 Å². The fourth-order valence-electron chi connectivity index (χ4n) is 4.63. The maximum Gasteiger partial charge on any atom is 0.250 e. The molecular formula is C21H37N5O2. The second-order valence-electron chi connectivity index (χ2n) is 9.34. The average Bonchev–Trinajstić information content (AvgIpc) is 2.78. The Morgan fingerprint density at radius 3 is 2.39 bits per heavy atom. The van der Waals surface area contributed by atoms with Crippen LogP contribution in [0.3, 0.4) is 0 Å². The predicted octanol–water partition coefficient (Wildman–Crippen LogP) is 1.85. The van der Waals surface area contributed by atoms with Crippen molar-refractivity contribution in [2.75, 3.05) is 14.1 Å². The number of likely N-dealkylation sites (N-methyl/N-ethyl adjacent to an activating group) is 1. The number of amides is 2. The number of piperidine rings is 1. The maximum atomic E-state index is 12.5. The Hall–Kier alpha value is -1.89. The predicted molar refractivity (Wildman–Crippen MR) is 113 cm³/mol. The van der Waals surface area contributed by atoms with Crippen molar-refractivity contribution in [2.45, 2.75) is 83.3 Å². The molecule has 28 heavy (non-hydrogen) atoms. The van der Waals surface area contributed by atoms with E-state index in [0.717, 1.165) is 25.7 Å². The SMILES string of the molecule is CNC(=O)C1=C(NC)N=CC(CCC(=O)NC2CC(C)(C)NC(C)(C)C2)CC1. The van der Waals surface area contributed by atoms with Gasteiger partial charge in [0, 0.05) is 43.9 Å².